The summed E-state index contributed by atoms with van der Waals surface area (Å²) in [5.41, 5.74) is 2.60. The smallest absolute Gasteiger partial charge is 0.337 e. The molecule has 0 atom stereocenters. The predicted octanol–water partition coefficient (Wildman–Crippen LogP) is 3.34. The molecule has 0 radical (unpaired) electrons. The van der Waals surface area contributed by atoms with Crippen LogP contribution in [0.2, 0.25) is 0 Å². The molecular weight excluding hydrogens is 426 g/mol. The molecule has 1 heterocycles. The molecule has 1 aromatic heterocycles. The molecule has 2 aromatic carbocycles. The van der Waals surface area contributed by atoms with Gasteiger partial charge in [-0.25, -0.2) is 17.9 Å². The number of pyridine rings is 1. The summed E-state index contributed by atoms with van der Waals surface area (Å²) < 4.78 is 33.0. The first-order chi connectivity index (χ1) is 15.3. The maximum atomic E-state index is 12.8. The molecule has 8 heteroatoms. The molecule has 0 bridgehead atoms. The van der Waals surface area contributed by atoms with Crippen LogP contribution in [0.1, 0.15) is 22.8 Å². The number of methoxy groups -OCH3 is 1. The summed E-state index contributed by atoms with van der Waals surface area (Å²) in [4.78, 5) is 17.9. The first-order valence-electron chi connectivity index (χ1n) is 10.2. The van der Waals surface area contributed by atoms with Crippen LogP contribution in [0.5, 0.6) is 0 Å². The first kappa shape index (κ1) is 23.6. The number of carbonyl (C=O) groups is 1. The van der Waals surface area contributed by atoms with Gasteiger partial charge in [-0.3, -0.25) is 4.98 Å². The van der Waals surface area contributed by atoms with Gasteiger partial charge >= 0.3 is 5.97 Å². The van der Waals surface area contributed by atoms with Crippen molar-refractivity contribution in [2.45, 2.75) is 11.8 Å². The quantitative estimate of drug-likeness (QED) is 0.500. The molecule has 0 amide bonds. The Kier molecular flexibility index (Phi) is 7.74. The van der Waals surface area contributed by atoms with Gasteiger partial charge in [0.1, 0.15) is 0 Å². The highest BCUT2D eigenvalue weighted by Crippen LogP contribution is 2.21. The zero-order chi connectivity index (χ0) is 23.1. The monoisotopic (exact) mass is 453 g/mol. The van der Waals surface area contributed by atoms with Crippen molar-refractivity contribution in [1.82, 2.24) is 14.6 Å². The van der Waals surface area contributed by atoms with Crippen molar-refractivity contribution in [2.75, 3.05) is 33.8 Å². The number of nitrogens with one attached hydrogen (secondary N) is 1. The van der Waals surface area contributed by atoms with Gasteiger partial charge < -0.3 is 9.64 Å². The fraction of sp³-hybridized carbons (Fsp3) is 0.250. The summed E-state index contributed by atoms with van der Waals surface area (Å²) in [5.74, 6) is -0.361. The topological polar surface area (TPSA) is 88.6 Å². The number of carbonyl (C=O) groups excluding carboxylic acids is 1. The number of nitrogens with zero attached hydrogens (tertiary/aromatic N) is 2. The lowest BCUT2D eigenvalue weighted by Gasteiger charge is -2.18. The molecule has 0 aliphatic carbocycles. The Morgan fingerprint density at radius 3 is 2.62 bits per heavy atom. The minimum Gasteiger partial charge on any atom is -0.465 e. The van der Waals surface area contributed by atoms with Crippen LogP contribution in [0.4, 0.5) is 0 Å². The molecule has 0 saturated carbocycles. The lowest BCUT2D eigenvalue weighted by Crippen LogP contribution is -2.33. The summed E-state index contributed by atoms with van der Waals surface area (Å²) in [6.07, 6.45) is 5.28. The van der Waals surface area contributed by atoms with Gasteiger partial charge in [-0.2, -0.15) is 0 Å². The van der Waals surface area contributed by atoms with Crippen LogP contribution in [0.15, 0.2) is 71.4 Å². The van der Waals surface area contributed by atoms with Crippen molar-refractivity contribution >= 4 is 32.8 Å². The van der Waals surface area contributed by atoms with Gasteiger partial charge in [0.15, 0.2) is 0 Å². The summed E-state index contributed by atoms with van der Waals surface area (Å²) in [6.45, 7) is 3.54. The summed E-state index contributed by atoms with van der Waals surface area (Å²) in [7, 11) is -0.333. The van der Waals surface area contributed by atoms with E-state index in [1.165, 1.54) is 7.11 Å². The fourth-order valence-corrected chi connectivity index (χ4v) is 4.69. The molecule has 0 saturated heterocycles. The van der Waals surface area contributed by atoms with Crippen molar-refractivity contribution in [3.8, 4) is 0 Å². The summed E-state index contributed by atoms with van der Waals surface area (Å²) >= 11 is 0. The largest absolute Gasteiger partial charge is 0.465 e. The van der Waals surface area contributed by atoms with E-state index in [4.69, 9.17) is 4.74 Å². The van der Waals surface area contributed by atoms with E-state index in [2.05, 4.69) is 9.71 Å². The average Bonchev–Trinajstić information content (AvgIpc) is 2.78. The lowest BCUT2D eigenvalue weighted by atomic mass is 10.1. The van der Waals surface area contributed by atoms with Gasteiger partial charge in [0.25, 0.3) is 0 Å². The standard InChI is InChI=1S/C24H27N3O4S/c1-18(15-19-7-9-20(10-8-19)24(28)31-3)17-27(2)14-13-26-32(29,30)23-6-4-5-21-16-25-12-11-22(21)23/h4-12,15-16,26H,13-14,17H2,1-3H3. The van der Waals surface area contributed by atoms with E-state index in [0.717, 1.165) is 16.5 Å². The second-order valence-electron chi connectivity index (χ2n) is 7.59. The van der Waals surface area contributed by atoms with Crippen molar-refractivity contribution in [3.63, 3.8) is 0 Å². The predicted molar refractivity (Wildman–Crippen MR) is 126 cm³/mol. The van der Waals surface area contributed by atoms with Crippen molar-refractivity contribution in [2.24, 2.45) is 0 Å². The average molecular weight is 454 g/mol. The maximum absolute atomic E-state index is 12.8. The van der Waals surface area contributed by atoms with Gasteiger partial charge in [0.05, 0.1) is 17.6 Å². The van der Waals surface area contributed by atoms with E-state index in [1.807, 2.05) is 43.1 Å². The van der Waals surface area contributed by atoms with Crippen LogP contribution in [-0.4, -0.2) is 58.1 Å². The molecule has 3 aromatic rings. The van der Waals surface area contributed by atoms with Gasteiger partial charge in [-0.05, 0) is 43.8 Å². The Bertz CT molecular complexity index is 1220. The molecule has 1 N–H and O–H groups in total. The number of ether oxygens (including phenoxy) is 1. The number of sulfonamides is 1. The van der Waals surface area contributed by atoms with Crippen molar-refractivity contribution in [1.29, 1.82) is 0 Å². The lowest BCUT2D eigenvalue weighted by molar-refractivity contribution is 0.0600. The number of aromatic nitrogens is 1. The van der Waals surface area contributed by atoms with Crippen LogP contribution < -0.4 is 4.72 Å². The second kappa shape index (κ2) is 10.5. The molecule has 0 spiro atoms. The Morgan fingerprint density at radius 2 is 1.91 bits per heavy atom. The highest BCUT2D eigenvalue weighted by atomic mass is 32.2. The molecular formula is C24H27N3O4S. The summed E-state index contributed by atoms with van der Waals surface area (Å²) in [6, 6.07) is 14.1. The Hall–Kier alpha value is -3.07. The van der Waals surface area contributed by atoms with Gasteiger partial charge in [0.2, 0.25) is 10.0 Å². The molecule has 168 valence electrons. The van der Waals surface area contributed by atoms with Crippen LogP contribution >= 0.6 is 0 Å². The number of rotatable bonds is 9. The molecule has 7 nitrogen and oxygen atoms in total. The van der Waals surface area contributed by atoms with Crippen LogP contribution in [0, 0.1) is 0 Å². The minimum atomic E-state index is -3.63. The van der Waals surface area contributed by atoms with E-state index in [0.29, 0.717) is 30.6 Å². The third-order valence-electron chi connectivity index (χ3n) is 4.98. The van der Waals surface area contributed by atoms with E-state index >= 15 is 0 Å². The minimum absolute atomic E-state index is 0.256. The maximum Gasteiger partial charge on any atom is 0.337 e. The van der Waals surface area contributed by atoms with Crippen LogP contribution in [-0.2, 0) is 14.8 Å². The Morgan fingerprint density at radius 1 is 1.16 bits per heavy atom. The van der Waals surface area contributed by atoms with Crippen LogP contribution in [0.25, 0.3) is 16.8 Å². The number of hydrogen-bond acceptors (Lipinski definition) is 6. The summed E-state index contributed by atoms with van der Waals surface area (Å²) in [5, 5.41) is 1.44. The van der Waals surface area contributed by atoms with Crippen LogP contribution in [0.3, 0.4) is 0 Å². The second-order valence-corrected chi connectivity index (χ2v) is 9.33. The third kappa shape index (κ3) is 6.00. The van der Waals surface area contributed by atoms with E-state index in [-0.39, 0.29) is 10.9 Å². The van der Waals surface area contributed by atoms with Crippen molar-refractivity contribution in [3.05, 3.63) is 77.6 Å². The molecule has 3 rings (SSSR count). The molecule has 0 unspecified atom stereocenters. The fourth-order valence-electron chi connectivity index (χ4n) is 3.44. The zero-order valence-corrected chi connectivity index (χ0v) is 19.2. The number of hydrogen-bond donors (Lipinski definition) is 1. The Balaban J connectivity index is 1.55. The number of benzene rings is 2. The SMILES string of the molecule is COC(=O)c1ccc(C=C(C)CN(C)CCNS(=O)(=O)c2cccc3cnccc23)cc1. The number of esters is 1. The Labute approximate surface area is 188 Å². The highest BCUT2D eigenvalue weighted by Gasteiger charge is 2.17. The third-order valence-corrected chi connectivity index (χ3v) is 6.50. The molecule has 0 fully saturated rings. The zero-order valence-electron chi connectivity index (χ0n) is 18.4. The van der Waals surface area contributed by atoms with E-state index in [1.54, 1.807) is 42.7 Å². The van der Waals surface area contributed by atoms with Gasteiger partial charge in [-0.1, -0.05) is 35.9 Å². The van der Waals surface area contributed by atoms with E-state index in [9.17, 15) is 13.2 Å². The normalized spacial score (nSPS) is 12.3. The first-order valence-corrected chi connectivity index (χ1v) is 11.6. The number of fused-ring (bicyclic) bond motifs is 1. The van der Waals surface area contributed by atoms with Gasteiger partial charge in [0, 0.05) is 42.8 Å². The van der Waals surface area contributed by atoms with E-state index < -0.39 is 10.0 Å². The number of likely N-dealkylation sites (N-methyl/N-ethyl adjacent to an activating group) is 1. The molecule has 32 heavy (non-hydrogen) atoms. The highest BCUT2D eigenvalue weighted by molar-refractivity contribution is 7.89. The molecule has 0 aliphatic heterocycles. The van der Waals surface area contributed by atoms with Crippen molar-refractivity contribution < 1.29 is 17.9 Å². The van der Waals surface area contributed by atoms with Gasteiger partial charge in [-0.15, -0.1) is 0 Å². The molecule has 0 aliphatic rings.